The highest BCUT2D eigenvalue weighted by atomic mass is 16.3. The number of phenols is 2. The van der Waals surface area contributed by atoms with Gasteiger partial charge in [0.1, 0.15) is 11.5 Å². The lowest BCUT2D eigenvalue weighted by atomic mass is 10.1. The van der Waals surface area contributed by atoms with Gasteiger partial charge in [-0.05, 0) is 41.8 Å². The third-order valence-electron chi connectivity index (χ3n) is 4.15. The molecule has 0 bridgehead atoms. The highest BCUT2D eigenvalue weighted by Crippen LogP contribution is 2.33. The largest absolute Gasteiger partial charge is 0.507 e. The molecule has 0 aliphatic carbocycles. The van der Waals surface area contributed by atoms with Gasteiger partial charge in [-0.1, -0.05) is 42.5 Å². The number of aromatic nitrogens is 1. The number of rotatable bonds is 3. The molecule has 1 aromatic heterocycles. The molecule has 0 saturated carbocycles. The fourth-order valence-electron chi connectivity index (χ4n) is 2.91. The number of fused-ring (bicyclic) bond motifs is 1. The standard InChI is InChI=1S/C22H16N2O2/c25-20-12-2-1-9-17(20)18-10-5-8-16(24-18)14-23-19-11-3-6-15-7-4-13-21(26)22(15)19/h1-14,25-26H. The van der Waals surface area contributed by atoms with Gasteiger partial charge in [0.2, 0.25) is 0 Å². The topological polar surface area (TPSA) is 65.7 Å². The highest BCUT2D eigenvalue weighted by molar-refractivity contribution is 5.99. The van der Waals surface area contributed by atoms with Gasteiger partial charge in [-0.15, -0.1) is 0 Å². The normalized spacial score (nSPS) is 11.2. The number of aliphatic imine (C=N–C) groups is 1. The Labute approximate surface area is 150 Å². The van der Waals surface area contributed by atoms with E-state index in [1.54, 1.807) is 24.4 Å². The first-order chi connectivity index (χ1) is 12.7. The van der Waals surface area contributed by atoms with Crippen molar-refractivity contribution in [1.82, 2.24) is 4.98 Å². The van der Waals surface area contributed by atoms with Gasteiger partial charge in [0, 0.05) is 10.9 Å². The Morgan fingerprint density at radius 1 is 0.731 bits per heavy atom. The zero-order valence-corrected chi connectivity index (χ0v) is 13.9. The summed E-state index contributed by atoms with van der Waals surface area (Å²) in [4.78, 5) is 9.06. The maximum atomic E-state index is 10.2. The first-order valence-corrected chi connectivity index (χ1v) is 8.22. The van der Waals surface area contributed by atoms with Crippen LogP contribution in [0.25, 0.3) is 22.0 Å². The van der Waals surface area contributed by atoms with E-state index >= 15 is 0 Å². The van der Waals surface area contributed by atoms with Gasteiger partial charge in [-0.25, -0.2) is 4.98 Å². The molecule has 1 heterocycles. The third kappa shape index (κ3) is 3.00. The van der Waals surface area contributed by atoms with Crippen molar-refractivity contribution in [3.05, 3.63) is 84.6 Å². The van der Waals surface area contributed by atoms with Crippen LogP contribution in [0, 0.1) is 0 Å². The van der Waals surface area contributed by atoms with Crippen LogP contribution < -0.4 is 0 Å². The fraction of sp³-hybridized carbons (Fsp3) is 0. The number of aromatic hydroxyl groups is 2. The lowest BCUT2D eigenvalue weighted by Crippen LogP contribution is -1.90. The number of nitrogens with zero attached hydrogens (tertiary/aromatic N) is 2. The Hall–Kier alpha value is -3.66. The minimum Gasteiger partial charge on any atom is -0.507 e. The smallest absolute Gasteiger partial charge is 0.125 e. The van der Waals surface area contributed by atoms with Crippen LogP contribution in [0.2, 0.25) is 0 Å². The van der Waals surface area contributed by atoms with Crippen LogP contribution in [0.15, 0.2) is 83.9 Å². The van der Waals surface area contributed by atoms with Gasteiger partial charge in [0.05, 0.1) is 23.3 Å². The maximum absolute atomic E-state index is 10.2. The molecule has 2 N–H and O–H groups in total. The molecule has 3 aromatic carbocycles. The van der Waals surface area contributed by atoms with Gasteiger partial charge < -0.3 is 10.2 Å². The molecule has 0 fully saturated rings. The molecule has 0 atom stereocenters. The van der Waals surface area contributed by atoms with Crippen LogP contribution in [0.5, 0.6) is 11.5 Å². The summed E-state index contributed by atoms with van der Waals surface area (Å²) in [5.74, 6) is 0.388. The highest BCUT2D eigenvalue weighted by Gasteiger charge is 2.06. The van der Waals surface area contributed by atoms with Crippen molar-refractivity contribution in [2.24, 2.45) is 4.99 Å². The lowest BCUT2D eigenvalue weighted by molar-refractivity contribution is 0.477. The molecule has 26 heavy (non-hydrogen) atoms. The molecule has 4 nitrogen and oxygen atoms in total. The maximum Gasteiger partial charge on any atom is 0.125 e. The van der Waals surface area contributed by atoms with Gasteiger partial charge >= 0.3 is 0 Å². The van der Waals surface area contributed by atoms with E-state index in [4.69, 9.17) is 0 Å². The Balaban J connectivity index is 1.73. The Bertz CT molecular complexity index is 1110. The van der Waals surface area contributed by atoms with E-state index in [1.807, 2.05) is 60.7 Å². The SMILES string of the molecule is Oc1ccccc1-c1cccc(C=Nc2cccc3cccc(O)c23)n1. The van der Waals surface area contributed by atoms with E-state index in [9.17, 15) is 10.2 Å². The van der Waals surface area contributed by atoms with Crippen molar-refractivity contribution < 1.29 is 10.2 Å². The first-order valence-electron chi connectivity index (χ1n) is 8.22. The molecule has 0 aliphatic rings. The summed E-state index contributed by atoms with van der Waals surface area (Å²) in [7, 11) is 0. The van der Waals surface area contributed by atoms with Crippen LogP contribution in [0.1, 0.15) is 5.69 Å². The average Bonchev–Trinajstić information content (AvgIpc) is 2.67. The molecule has 4 rings (SSSR count). The zero-order chi connectivity index (χ0) is 17.9. The number of phenolic OH excluding ortho intramolecular Hbond substituents is 2. The summed E-state index contributed by atoms with van der Waals surface area (Å²) < 4.78 is 0. The van der Waals surface area contributed by atoms with Crippen LogP contribution in [0.3, 0.4) is 0 Å². The number of para-hydroxylation sites is 1. The number of pyridine rings is 1. The van der Waals surface area contributed by atoms with E-state index in [0.717, 1.165) is 5.39 Å². The van der Waals surface area contributed by atoms with Crippen LogP contribution in [0.4, 0.5) is 5.69 Å². The molecule has 0 unspecified atom stereocenters. The van der Waals surface area contributed by atoms with Crippen molar-refractivity contribution in [2.75, 3.05) is 0 Å². The molecule has 0 radical (unpaired) electrons. The molecule has 4 aromatic rings. The van der Waals surface area contributed by atoms with Crippen molar-refractivity contribution in [3.63, 3.8) is 0 Å². The van der Waals surface area contributed by atoms with Gasteiger partial charge in [-0.3, -0.25) is 4.99 Å². The molecule has 126 valence electrons. The minimum atomic E-state index is 0.188. The predicted molar refractivity (Wildman–Crippen MR) is 104 cm³/mol. The molecule has 4 heteroatoms. The summed E-state index contributed by atoms with van der Waals surface area (Å²) in [6, 6.07) is 23.7. The molecular formula is C22H16N2O2. The van der Waals surface area contributed by atoms with Gasteiger partial charge in [0.15, 0.2) is 0 Å². The van der Waals surface area contributed by atoms with Crippen LogP contribution in [-0.2, 0) is 0 Å². The summed E-state index contributed by atoms with van der Waals surface area (Å²) >= 11 is 0. The minimum absolute atomic E-state index is 0.188. The Morgan fingerprint density at radius 2 is 1.46 bits per heavy atom. The Kier molecular flexibility index (Phi) is 4.07. The average molecular weight is 340 g/mol. The first kappa shape index (κ1) is 15.8. The summed E-state index contributed by atoms with van der Waals surface area (Å²) in [5, 5.41) is 21.8. The van der Waals surface area contributed by atoms with E-state index in [-0.39, 0.29) is 11.5 Å². The number of hydrogen-bond acceptors (Lipinski definition) is 4. The van der Waals surface area contributed by atoms with Crippen molar-refractivity contribution in [2.45, 2.75) is 0 Å². The fourth-order valence-corrected chi connectivity index (χ4v) is 2.91. The van der Waals surface area contributed by atoms with Crippen LogP contribution >= 0.6 is 0 Å². The molecule has 0 aliphatic heterocycles. The summed E-state index contributed by atoms with van der Waals surface area (Å²) in [5.41, 5.74) is 2.69. The second-order valence-electron chi connectivity index (χ2n) is 5.88. The number of benzene rings is 3. The summed E-state index contributed by atoms with van der Waals surface area (Å²) in [6.45, 7) is 0. The number of hydrogen-bond donors (Lipinski definition) is 2. The quantitative estimate of drug-likeness (QED) is 0.512. The van der Waals surface area contributed by atoms with Gasteiger partial charge in [-0.2, -0.15) is 0 Å². The monoisotopic (exact) mass is 340 g/mol. The second-order valence-corrected chi connectivity index (χ2v) is 5.88. The Morgan fingerprint density at radius 3 is 2.31 bits per heavy atom. The van der Waals surface area contributed by atoms with Crippen molar-refractivity contribution >= 4 is 22.7 Å². The third-order valence-corrected chi connectivity index (χ3v) is 4.15. The molecule has 0 amide bonds. The van der Waals surface area contributed by atoms with E-state index in [2.05, 4.69) is 9.98 Å². The molecule has 0 saturated heterocycles. The predicted octanol–water partition coefficient (Wildman–Crippen LogP) is 5.06. The zero-order valence-electron chi connectivity index (χ0n) is 13.9. The van der Waals surface area contributed by atoms with Gasteiger partial charge in [0.25, 0.3) is 0 Å². The van der Waals surface area contributed by atoms with E-state index < -0.39 is 0 Å². The van der Waals surface area contributed by atoms with E-state index in [0.29, 0.717) is 28.0 Å². The molecule has 0 spiro atoms. The van der Waals surface area contributed by atoms with Crippen LogP contribution in [-0.4, -0.2) is 21.4 Å². The van der Waals surface area contributed by atoms with Crippen molar-refractivity contribution in [1.29, 1.82) is 0 Å². The van der Waals surface area contributed by atoms with Crippen molar-refractivity contribution in [3.8, 4) is 22.8 Å². The van der Waals surface area contributed by atoms with E-state index in [1.165, 1.54) is 0 Å². The lowest BCUT2D eigenvalue weighted by Gasteiger charge is -2.05. The second kappa shape index (κ2) is 6.69. The molecular weight excluding hydrogens is 324 g/mol. The summed E-state index contributed by atoms with van der Waals surface area (Å²) in [6.07, 6.45) is 1.66.